The van der Waals surface area contributed by atoms with E-state index in [0.717, 1.165) is 18.6 Å². The van der Waals surface area contributed by atoms with E-state index in [4.69, 9.17) is 20.8 Å². The summed E-state index contributed by atoms with van der Waals surface area (Å²) >= 11 is 6.40. The Morgan fingerprint density at radius 3 is 2.29 bits per heavy atom. The second-order valence-corrected chi connectivity index (χ2v) is 20.8. The van der Waals surface area contributed by atoms with E-state index in [1.807, 2.05) is 27.7 Å². The van der Waals surface area contributed by atoms with Crippen LogP contribution in [0, 0.1) is 44.3 Å². The number of carbonyl (C=O) groups is 3. The lowest BCUT2D eigenvalue weighted by atomic mass is 9.32. The quantitative estimate of drug-likeness (QED) is 0.155. The van der Waals surface area contributed by atoms with Gasteiger partial charge in [-0.1, -0.05) is 64.4 Å². The number of hydrogen-bond acceptors (Lipinski definition) is 7. The summed E-state index contributed by atoms with van der Waals surface area (Å²) in [6.45, 7) is 12.6. The van der Waals surface area contributed by atoms with Crippen LogP contribution in [0.5, 0.6) is 0 Å². The van der Waals surface area contributed by atoms with Crippen LogP contribution in [-0.4, -0.2) is 63.2 Å². The monoisotopic (exact) mass is 837 g/mol. The van der Waals surface area contributed by atoms with E-state index >= 15 is 4.79 Å². The Balaban J connectivity index is 1.11. The van der Waals surface area contributed by atoms with Gasteiger partial charge in [-0.2, -0.15) is 13.2 Å². The van der Waals surface area contributed by atoms with Crippen molar-refractivity contribution in [3.05, 3.63) is 70.5 Å². The van der Waals surface area contributed by atoms with Gasteiger partial charge in [-0.25, -0.2) is 0 Å². The Morgan fingerprint density at radius 2 is 1.63 bits per heavy atom. The number of aliphatic hydroxyl groups excluding tert-OH is 1. The predicted molar refractivity (Wildman–Crippen MR) is 214 cm³/mol. The van der Waals surface area contributed by atoms with Crippen LogP contribution < -0.4 is 0 Å². The van der Waals surface area contributed by atoms with E-state index in [2.05, 4.69) is 32.1 Å². The summed E-state index contributed by atoms with van der Waals surface area (Å²) in [7, 11) is 0. The van der Waals surface area contributed by atoms with Crippen molar-refractivity contribution in [3.63, 3.8) is 0 Å². The summed E-state index contributed by atoms with van der Waals surface area (Å²) in [4.78, 5) is 45.0. The van der Waals surface area contributed by atoms with E-state index in [0.29, 0.717) is 69.9 Å². The molecule has 1 aromatic carbocycles. The lowest BCUT2D eigenvalue weighted by Crippen LogP contribution is -2.68. The highest BCUT2D eigenvalue weighted by Gasteiger charge is 2.78. The van der Waals surface area contributed by atoms with Crippen LogP contribution in [0.4, 0.5) is 13.2 Å². The van der Waals surface area contributed by atoms with Gasteiger partial charge in [0.15, 0.2) is 11.4 Å². The largest absolute Gasteiger partial charge is 0.453 e. The number of alkyl halides is 3. The van der Waals surface area contributed by atoms with Crippen LogP contribution in [0.2, 0.25) is 5.02 Å². The summed E-state index contributed by atoms with van der Waals surface area (Å²) in [5.74, 6) is -1.24. The van der Waals surface area contributed by atoms with Crippen LogP contribution in [0.15, 0.2) is 58.6 Å². The van der Waals surface area contributed by atoms with Gasteiger partial charge < -0.3 is 24.3 Å². The Hall–Kier alpha value is -3.41. The topological polar surface area (TPSA) is 117 Å². The van der Waals surface area contributed by atoms with Crippen LogP contribution in [-0.2, 0) is 20.5 Å². The van der Waals surface area contributed by atoms with Crippen molar-refractivity contribution in [3.8, 4) is 11.3 Å². The fourth-order valence-electron chi connectivity index (χ4n) is 14.0. The number of benzene rings is 1. The fraction of sp³-hybridized carbons (Fsp3) is 0.638. The number of carbonyl (C=O) groups excluding carboxylic acids is 3. The number of fused-ring (bicyclic) bond motifs is 3. The van der Waals surface area contributed by atoms with Gasteiger partial charge in [0.2, 0.25) is 5.78 Å². The van der Waals surface area contributed by atoms with Crippen molar-refractivity contribution in [2.45, 2.75) is 129 Å². The highest BCUT2D eigenvalue weighted by molar-refractivity contribution is 6.33. The Bertz CT molecular complexity index is 2230. The molecule has 2 aromatic rings. The summed E-state index contributed by atoms with van der Waals surface area (Å²) in [5.41, 5.74) is -7.05. The molecule has 2 spiro atoms. The molecule has 1 aromatic heterocycles. The molecule has 59 heavy (non-hydrogen) atoms. The molecule has 5 fully saturated rings. The van der Waals surface area contributed by atoms with E-state index < -0.39 is 56.1 Å². The SMILES string of the molecule is CCCN(CC1(O)CCC2C34C=CC5(C=C3C(=O)c3ccc(-c6cc(C(F)(F)F)ccc6Cl)o3)CC(O)CCC5(C)C4CCC21C)C(=O)C12CCC(C)(C(=O)O1)C2(C)C. The lowest BCUT2D eigenvalue weighted by Gasteiger charge is -2.71. The molecule has 1 amide bonds. The minimum absolute atomic E-state index is 0.0204. The molecule has 318 valence electrons. The third kappa shape index (κ3) is 5.01. The van der Waals surface area contributed by atoms with Gasteiger partial charge in [0.1, 0.15) is 5.76 Å². The first-order chi connectivity index (χ1) is 27.5. The molecule has 4 saturated carbocycles. The minimum Gasteiger partial charge on any atom is -0.453 e. The molecule has 1 aliphatic heterocycles. The summed E-state index contributed by atoms with van der Waals surface area (Å²) in [5, 5.41) is 24.3. The second kappa shape index (κ2) is 12.6. The molecule has 10 rings (SSSR count). The lowest BCUT2D eigenvalue weighted by molar-refractivity contribution is -0.187. The number of ether oxygens (including phenoxy) is 1. The average Bonchev–Trinajstić information content (AvgIpc) is 3.86. The van der Waals surface area contributed by atoms with Crippen molar-refractivity contribution in [2.75, 3.05) is 13.1 Å². The molecule has 8 aliphatic rings. The maximum Gasteiger partial charge on any atom is 0.416 e. The molecule has 7 aliphatic carbocycles. The van der Waals surface area contributed by atoms with Gasteiger partial charge in [0.05, 0.1) is 34.3 Å². The van der Waals surface area contributed by atoms with Gasteiger partial charge in [-0.3, -0.25) is 14.4 Å². The number of aliphatic hydroxyl groups is 2. The standard InChI is InChI=1S/C47H55ClF3NO7/c1-7-22-52(37(55)46-21-18-42(6,38(56)59-46)39(46,2)3)26-44(57)17-14-35-41(44,5)16-13-34-40(4)15-12-28(53)24-43(40)19-20-45(34,35)30(25-43)36(54)33-11-10-32(58-33)29-23-27(47(49,50)51)8-9-31(29)48/h8-11,19-20,23,25,28,34-35,53,57H,7,12-18,21-22,24,26H2,1-6H3. The van der Waals surface area contributed by atoms with E-state index in [1.165, 1.54) is 18.2 Å². The summed E-state index contributed by atoms with van der Waals surface area (Å²) < 4.78 is 53.3. The van der Waals surface area contributed by atoms with Gasteiger partial charge in [-0.15, -0.1) is 0 Å². The Kier molecular flexibility index (Phi) is 8.74. The van der Waals surface area contributed by atoms with Crippen molar-refractivity contribution in [2.24, 2.45) is 44.3 Å². The highest BCUT2D eigenvalue weighted by Crippen LogP contribution is 2.78. The smallest absolute Gasteiger partial charge is 0.416 e. The molecule has 8 nitrogen and oxygen atoms in total. The van der Waals surface area contributed by atoms with E-state index in [-0.39, 0.29) is 63.6 Å². The number of amides is 1. The number of Topliss-reactive ketones (excluding diaryl/α,β-unsaturated/α-hetero) is 1. The van der Waals surface area contributed by atoms with Gasteiger partial charge in [0.25, 0.3) is 5.91 Å². The molecule has 10 atom stereocenters. The number of furan rings is 1. The third-order valence-corrected chi connectivity index (χ3v) is 18.3. The normalized spacial score (nSPS) is 41.3. The highest BCUT2D eigenvalue weighted by atomic mass is 35.5. The zero-order valence-electron chi connectivity index (χ0n) is 34.7. The maximum atomic E-state index is 15.2. The number of halogens is 4. The van der Waals surface area contributed by atoms with Crippen molar-refractivity contribution in [1.82, 2.24) is 4.90 Å². The first kappa shape index (κ1) is 41.0. The van der Waals surface area contributed by atoms with Gasteiger partial charge in [0, 0.05) is 39.3 Å². The second-order valence-electron chi connectivity index (χ2n) is 20.4. The summed E-state index contributed by atoms with van der Waals surface area (Å²) in [6.07, 6.45) is 7.03. The molecular weight excluding hydrogens is 783 g/mol. The van der Waals surface area contributed by atoms with Gasteiger partial charge >= 0.3 is 12.1 Å². The number of rotatable bonds is 8. The predicted octanol–water partition coefficient (Wildman–Crippen LogP) is 9.75. The Morgan fingerprint density at radius 1 is 0.932 bits per heavy atom. The Labute approximate surface area is 348 Å². The zero-order valence-corrected chi connectivity index (χ0v) is 35.5. The zero-order chi connectivity index (χ0) is 42.6. The first-order valence-corrected chi connectivity index (χ1v) is 21.8. The van der Waals surface area contributed by atoms with Crippen molar-refractivity contribution < 1.29 is 46.9 Å². The van der Waals surface area contributed by atoms with Crippen LogP contribution in [0.1, 0.15) is 122 Å². The minimum atomic E-state index is -4.61. The molecule has 1 saturated heterocycles. The molecule has 4 bridgehead atoms. The number of hydrogen-bond donors (Lipinski definition) is 2. The first-order valence-electron chi connectivity index (χ1n) is 21.4. The van der Waals surface area contributed by atoms with Crippen LogP contribution in [0.3, 0.4) is 0 Å². The molecular formula is C47H55ClF3NO7. The van der Waals surface area contributed by atoms with E-state index in [9.17, 15) is 33.0 Å². The maximum absolute atomic E-state index is 15.2. The molecule has 10 unspecified atom stereocenters. The molecule has 2 N–H and O–H groups in total. The van der Waals surface area contributed by atoms with Crippen LogP contribution in [0.25, 0.3) is 11.3 Å². The molecule has 0 radical (unpaired) electrons. The van der Waals surface area contributed by atoms with Crippen LogP contribution >= 0.6 is 11.6 Å². The van der Waals surface area contributed by atoms with Crippen molar-refractivity contribution in [1.29, 1.82) is 0 Å². The van der Waals surface area contributed by atoms with E-state index in [1.54, 1.807) is 4.90 Å². The molecule has 2 heterocycles. The molecule has 12 heteroatoms. The average molecular weight is 838 g/mol. The number of esters is 1. The third-order valence-electron chi connectivity index (χ3n) is 18.0. The number of nitrogens with zero attached hydrogens (tertiary/aromatic N) is 1. The number of allylic oxidation sites excluding steroid dienone is 4. The van der Waals surface area contributed by atoms with Gasteiger partial charge in [-0.05, 0) is 119 Å². The summed E-state index contributed by atoms with van der Waals surface area (Å²) in [6, 6.07) is 5.95. The fourth-order valence-corrected chi connectivity index (χ4v) is 14.3. The number of ketones is 1. The van der Waals surface area contributed by atoms with Crippen molar-refractivity contribution >= 4 is 29.3 Å².